The number of rotatable bonds is 6. The molecule has 7 heteroatoms. The minimum Gasteiger partial charge on any atom is -0.483 e. The fourth-order valence-corrected chi connectivity index (χ4v) is 4.58. The van der Waals surface area contributed by atoms with Crippen molar-refractivity contribution in [2.24, 2.45) is 5.73 Å². The number of benzene rings is 1. The number of amides is 1. The normalized spacial score (nSPS) is 27.3. The second-order valence-corrected chi connectivity index (χ2v) is 8.89. The van der Waals surface area contributed by atoms with Crippen molar-refractivity contribution >= 4 is 5.91 Å². The van der Waals surface area contributed by atoms with Gasteiger partial charge in [-0.2, -0.15) is 5.26 Å². The number of nitrogens with zero attached hydrogens (tertiary/aromatic N) is 2. The van der Waals surface area contributed by atoms with Crippen LogP contribution in [-0.2, 0) is 14.3 Å². The van der Waals surface area contributed by atoms with Crippen molar-refractivity contribution in [3.05, 3.63) is 29.8 Å². The third-order valence-corrected chi connectivity index (χ3v) is 6.84. The van der Waals surface area contributed by atoms with E-state index in [4.69, 9.17) is 25.2 Å². The van der Waals surface area contributed by atoms with Gasteiger partial charge in [0.15, 0.2) is 12.2 Å². The second-order valence-electron chi connectivity index (χ2n) is 8.89. The SMILES string of the molecule is COC1CCC(c2ccccc2OCC(=O)N2CCCCC2)CC1.N#CC1(CN)CCO1.[HH]. The summed E-state index contributed by atoms with van der Waals surface area (Å²) < 4.78 is 16.3. The van der Waals surface area contributed by atoms with Crippen LogP contribution in [0.15, 0.2) is 24.3 Å². The molecule has 1 aromatic rings. The average Bonchev–Trinajstić information content (AvgIpc) is 2.84. The number of methoxy groups -OCH3 is 1. The minimum absolute atomic E-state index is 0. The van der Waals surface area contributed by atoms with E-state index < -0.39 is 5.60 Å². The summed E-state index contributed by atoms with van der Waals surface area (Å²) in [6.45, 7) is 2.93. The summed E-state index contributed by atoms with van der Waals surface area (Å²) in [5, 5.41) is 8.38. The molecule has 2 aliphatic heterocycles. The van der Waals surface area contributed by atoms with Crippen LogP contribution in [0.5, 0.6) is 5.75 Å². The zero-order valence-electron chi connectivity index (χ0n) is 19.3. The van der Waals surface area contributed by atoms with Gasteiger partial charge in [0.05, 0.1) is 18.8 Å². The molecule has 2 N–H and O–H groups in total. The van der Waals surface area contributed by atoms with Crippen LogP contribution in [0.25, 0.3) is 0 Å². The molecule has 2 saturated heterocycles. The van der Waals surface area contributed by atoms with Gasteiger partial charge in [0.2, 0.25) is 0 Å². The van der Waals surface area contributed by atoms with Crippen LogP contribution >= 0.6 is 0 Å². The van der Waals surface area contributed by atoms with Gasteiger partial charge in [-0.25, -0.2) is 0 Å². The summed E-state index contributed by atoms with van der Waals surface area (Å²) in [7, 11) is 1.80. The molecule has 1 aliphatic carbocycles. The van der Waals surface area contributed by atoms with Crippen molar-refractivity contribution in [1.82, 2.24) is 4.90 Å². The number of ether oxygens (including phenoxy) is 3. The molecule has 2 heterocycles. The molecule has 32 heavy (non-hydrogen) atoms. The van der Waals surface area contributed by atoms with Crippen LogP contribution < -0.4 is 10.5 Å². The first kappa shape index (κ1) is 24.5. The molecule has 1 saturated carbocycles. The van der Waals surface area contributed by atoms with Crippen LogP contribution in [-0.4, -0.2) is 62.5 Å². The molecule has 3 aliphatic rings. The maximum atomic E-state index is 12.3. The number of nitriles is 1. The number of piperidine rings is 1. The highest BCUT2D eigenvalue weighted by molar-refractivity contribution is 5.77. The zero-order chi connectivity index (χ0) is 22.8. The summed E-state index contributed by atoms with van der Waals surface area (Å²) in [6, 6.07) is 10.2. The van der Waals surface area contributed by atoms with E-state index in [-0.39, 0.29) is 13.9 Å². The van der Waals surface area contributed by atoms with E-state index in [1.807, 2.05) is 23.1 Å². The topological polar surface area (TPSA) is 97.8 Å². The number of nitrogens with two attached hydrogens (primary N) is 1. The Kier molecular flexibility index (Phi) is 9.34. The molecule has 1 aromatic carbocycles. The molecular weight excluding hydrogens is 406 g/mol. The van der Waals surface area contributed by atoms with Gasteiger partial charge in [-0.15, -0.1) is 0 Å². The predicted molar refractivity (Wildman–Crippen MR) is 124 cm³/mol. The molecule has 3 fully saturated rings. The largest absolute Gasteiger partial charge is 0.483 e. The molecule has 1 unspecified atom stereocenters. The van der Waals surface area contributed by atoms with Gasteiger partial charge in [-0.05, 0) is 62.5 Å². The first-order valence-corrected chi connectivity index (χ1v) is 11.9. The van der Waals surface area contributed by atoms with Gasteiger partial charge in [-0.3, -0.25) is 4.79 Å². The van der Waals surface area contributed by atoms with E-state index >= 15 is 0 Å². The number of carbonyl (C=O) groups is 1. The lowest BCUT2D eigenvalue weighted by molar-refractivity contribution is -0.134. The van der Waals surface area contributed by atoms with Gasteiger partial charge in [0, 0.05) is 34.6 Å². The van der Waals surface area contributed by atoms with E-state index in [1.54, 1.807) is 7.11 Å². The molecule has 1 amide bonds. The van der Waals surface area contributed by atoms with Gasteiger partial charge < -0.3 is 24.8 Å². The van der Waals surface area contributed by atoms with Crippen molar-refractivity contribution in [2.75, 3.05) is 40.0 Å². The molecule has 178 valence electrons. The van der Waals surface area contributed by atoms with Crippen LogP contribution in [0, 0.1) is 11.3 Å². The van der Waals surface area contributed by atoms with Crippen molar-refractivity contribution in [3.63, 3.8) is 0 Å². The minimum atomic E-state index is -0.611. The van der Waals surface area contributed by atoms with E-state index in [9.17, 15) is 4.79 Å². The van der Waals surface area contributed by atoms with Gasteiger partial charge >= 0.3 is 0 Å². The Morgan fingerprint density at radius 2 is 1.94 bits per heavy atom. The van der Waals surface area contributed by atoms with E-state index in [0.717, 1.165) is 63.8 Å². The van der Waals surface area contributed by atoms with E-state index in [2.05, 4.69) is 12.1 Å². The summed E-state index contributed by atoms with van der Waals surface area (Å²) in [5.41, 5.74) is 5.87. The Morgan fingerprint density at radius 3 is 2.47 bits per heavy atom. The third kappa shape index (κ3) is 6.44. The Morgan fingerprint density at radius 1 is 1.25 bits per heavy atom. The Labute approximate surface area is 193 Å². The zero-order valence-corrected chi connectivity index (χ0v) is 19.3. The van der Waals surface area contributed by atoms with Crippen molar-refractivity contribution in [2.45, 2.75) is 69.0 Å². The summed E-state index contributed by atoms with van der Waals surface area (Å²) in [4.78, 5) is 14.3. The Hall–Kier alpha value is -2.14. The molecule has 1 atom stereocenters. The van der Waals surface area contributed by atoms with Gasteiger partial charge in [0.1, 0.15) is 5.75 Å². The molecule has 0 radical (unpaired) electrons. The smallest absolute Gasteiger partial charge is 0.260 e. The quantitative estimate of drug-likeness (QED) is 0.718. The van der Waals surface area contributed by atoms with Crippen LogP contribution in [0.3, 0.4) is 0 Å². The maximum absolute atomic E-state index is 12.3. The average molecular weight is 446 g/mol. The summed E-state index contributed by atoms with van der Waals surface area (Å²) >= 11 is 0. The number of carbonyl (C=O) groups excluding carboxylic acids is 1. The maximum Gasteiger partial charge on any atom is 0.260 e. The number of hydrogen-bond acceptors (Lipinski definition) is 6. The first-order valence-electron chi connectivity index (χ1n) is 11.9. The van der Waals surface area contributed by atoms with Crippen molar-refractivity contribution in [3.8, 4) is 11.8 Å². The summed E-state index contributed by atoms with van der Waals surface area (Å²) in [6.07, 6.45) is 9.10. The first-order chi connectivity index (χ1) is 15.6. The second kappa shape index (κ2) is 12.2. The highest BCUT2D eigenvalue weighted by atomic mass is 16.5. The number of likely N-dealkylation sites (tertiary alicyclic amines) is 1. The van der Waals surface area contributed by atoms with Crippen molar-refractivity contribution in [1.29, 1.82) is 5.26 Å². The van der Waals surface area contributed by atoms with E-state index in [0.29, 0.717) is 25.2 Å². The lowest BCUT2D eigenvalue weighted by Crippen LogP contribution is -2.48. The highest BCUT2D eigenvalue weighted by Crippen LogP contribution is 2.38. The third-order valence-electron chi connectivity index (χ3n) is 6.84. The molecule has 0 spiro atoms. The standard InChI is InChI=1S/C20H29NO3.C5H8N2O.H2/c1-23-17-11-9-16(10-12-17)18-7-3-4-8-19(18)24-15-20(22)21-13-5-2-6-14-21;6-3-5(4-7)1-2-8-5;/h3-4,7-8,16-17H,2,5-6,9-15H2,1H3;1-3,6H2;1H. The number of para-hydroxylation sites is 1. The highest BCUT2D eigenvalue weighted by Gasteiger charge is 2.36. The molecular formula is C25H39N3O4. The van der Waals surface area contributed by atoms with Gasteiger partial charge in [0.25, 0.3) is 5.91 Å². The molecule has 7 nitrogen and oxygen atoms in total. The van der Waals surface area contributed by atoms with Crippen LogP contribution in [0.4, 0.5) is 0 Å². The van der Waals surface area contributed by atoms with Gasteiger partial charge in [-0.1, -0.05) is 18.2 Å². The Bertz CT molecular complexity index is 762. The van der Waals surface area contributed by atoms with Crippen molar-refractivity contribution < 1.29 is 20.4 Å². The Balaban J connectivity index is 0.000000364. The fraction of sp³-hybridized carbons (Fsp3) is 0.680. The fourth-order valence-electron chi connectivity index (χ4n) is 4.58. The monoisotopic (exact) mass is 445 g/mol. The lowest BCUT2D eigenvalue weighted by Gasteiger charge is -2.33. The number of hydrogen-bond donors (Lipinski definition) is 1. The summed E-state index contributed by atoms with van der Waals surface area (Å²) in [5.74, 6) is 1.51. The lowest BCUT2D eigenvalue weighted by atomic mass is 9.82. The van der Waals surface area contributed by atoms with Crippen LogP contribution in [0.2, 0.25) is 0 Å². The molecule has 0 aromatic heterocycles. The van der Waals surface area contributed by atoms with Crippen LogP contribution in [0.1, 0.15) is 64.3 Å². The van der Waals surface area contributed by atoms with E-state index in [1.165, 1.54) is 12.0 Å². The molecule has 4 rings (SSSR count). The molecule has 0 bridgehead atoms. The predicted octanol–water partition coefficient (Wildman–Crippen LogP) is 3.62.